The summed E-state index contributed by atoms with van der Waals surface area (Å²) in [5, 5.41) is 3.46. The van der Waals surface area contributed by atoms with Crippen molar-refractivity contribution in [2.75, 3.05) is 27.4 Å². The van der Waals surface area contributed by atoms with Crippen LogP contribution in [0.3, 0.4) is 0 Å². The Morgan fingerprint density at radius 3 is 2.05 bits per heavy atom. The van der Waals surface area contributed by atoms with Gasteiger partial charge in [0.25, 0.3) is 0 Å². The summed E-state index contributed by atoms with van der Waals surface area (Å²) in [4.78, 5) is 0. The molecule has 4 heteroatoms. The molecule has 0 spiro atoms. The van der Waals surface area contributed by atoms with Gasteiger partial charge in [0.05, 0.1) is 14.2 Å². The molecule has 0 fully saturated rings. The first-order valence-corrected chi connectivity index (χ1v) is 6.82. The first kappa shape index (κ1) is 15.6. The third-order valence-corrected chi connectivity index (χ3v) is 2.95. The van der Waals surface area contributed by atoms with Crippen LogP contribution >= 0.6 is 0 Å². The van der Waals surface area contributed by atoms with E-state index in [1.165, 1.54) is 0 Å². The van der Waals surface area contributed by atoms with Gasteiger partial charge in [-0.3, -0.25) is 0 Å². The number of ether oxygens (including phenoxy) is 3. The predicted molar refractivity (Wildman–Crippen MR) is 77.4 cm³/mol. The van der Waals surface area contributed by atoms with Gasteiger partial charge in [-0.15, -0.1) is 0 Å². The molecule has 0 aromatic heterocycles. The van der Waals surface area contributed by atoms with E-state index in [1.807, 2.05) is 18.2 Å². The molecule has 1 atom stereocenters. The zero-order valence-corrected chi connectivity index (χ0v) is 12.4. The van der Waals surface area contributed by atoms with Crippen LogP contribution in [-0.4, -0.2) is 33.4 Å². The standard InChI is InChI=1S/C15H25NO3/c1-5-7-16-12(6-2)11-19-15-9-13(17-3)8-14(10-15)18-4/h8-10,12,16H,5-7,11H2,1-4H3. The van der Waals surface area contributed by atoms with Crippen molar-refractivity contribution >= 4 is 0 Å². The highest BCUT2D eigenvalue weighted by Gasteiger charge is 2.08. The molecular formula is C15H25NO3. The summed E-state index contributed by atoms with van der Waals surface area (Å²) in [6, 6.07) is 5.95. The van der Waals surface area contributed by atoms with Crippen LogP contribution in [0.4, 0.5) is 0 Å². The Bertz CT molecular complexity index is 346. The van der Waals surface area contributed by atoms with E-state index < -0.39 is 0 Å². The molecule has 0 aliphatic rings. The van der Waals surface area contributed by atoms with Crippen LogP contribution in [0.15, 0.2) is 18.2 Å². The molecule has 1 unspecified atom stereocenters. The van der Waals surface area contributed by atoms with Gasteiger partial charge in [0.2, 0.25) is 0 Å². The SMILES string of the molecule is CCCNC(CC)COc1cc(OC)cc(OC)c1. The maximum atomic E-state index is 5.82. The van der Waals surface area contributed by atoms with Crippen molar-refractivity contribution < 1.29 is 14.2 Å². The lowest BCUT2D eigenvalue weighted by molar-refractivity contribution is 0.258. The fraction of sp³-hybridized carbons (Fsp3) is 0.600. The van der Waals surface area contributed by atoms with Gasteiger partial charge in [-0.25, -0.2) is 0 Å². The third kappa shape index (κ3) is 5.39. The Morgan fingerprint density at radius 1 is 1.00 bits per heavy atom. The van der Waals surface area contributed by atoms with Crippen molar-refractivity contribution in [2.45, 2.75) is 32.7 Å². The van der Waals surface area contributed by atoms with Gasteiger partial charge >= 0.3 is 0 Å². The van der Waals surface area contributed by atoms with Gasteiger partial charge in [-0.05, 0) is 19.4 Å². The number of nitrogens with one attached hydrogen (secondary N) is 1. The summed E-state index contributed by atoms with van der Waals surface area (Å²) in [5.74, 6) is 2.25. The lowest BCUT2D eigenvalue weighted by atomic mass is 10.2. The molecule has 1 aromatic carbocycles. The van der Waals surface area contributed by atoms with Gasteiger partial charge in [0.1, 0.15) is 23.9 Å². The molecule has 0 aliphatic heterocycles. The van der Waals surface area contributed by atoms with Crippen molar-refractivity contribution in [3.8, 4) is 17.2 Å². The minimum Gasteiger partial charge on any atom is -0.496 e. The lowest BCUT2D eigenvalue weighted by Crippen LogP contribution is -2.34. The summed E-state index contributed by atoms with van der Waals surface area (Å²) < 4.78 is 16.3. The van der Waals surface area contributed by atoms with E-state index in [0.29, 0.717) is 12.6 Å². The molecule has 1 aromatic rings. The van der Waals surface area contributed by atoms with Gasteiger partial charge in [0.15, 0.2) is 0 Å². The molecule has 0 bridgehead atoms. The summed E-state index contributed by atoms with van der Waals surface area (Å²) in [6.07, 6.45) is 2.17. The van der Waals surface area contributed by atoms with Crippen molar-refractivity contribution in [1.82, 2.24) is 5.32 Å². The highest BCUT2D eigenvalue weighted by atomic mass is 16.5. The van der Waals surface area contributed by atoms with Gasteiger partial charge in [-0.1, -0.05) is 13.8 Å². The van der Waals surface area contributed by atoms with Gasteiger partial charge in [-0.2, -0.15) is 0 Å². The Hall–Kier alpha value is -1.42. The lowest BCUT2D eigenvalue weighted by Gasteiger charge is -2.18. The molecule has 108 valence electrons. The Labute approximate surface area is 116 Å². The second-order valence-corrected chi connectivity index (χ2v) is 4.42. The molecule has 0 amide bonds. The van der Waals surface area contributed by atoms with Gasteiger partial charge < -0.3 is 19.5 Å². The molecule has 0 aliphatic carbocycles. The molecule has 0 heterocycles. The number of hydrogen-bond acceptors (Lipinski definition) is 4. The second-order valence-electron chi connectivity index (χ2n) is 4.42. The van der Waals surface area contributed by atoms with E-state index in [9.17, 15) is 0 Å². The van der Waals surface area contributed by atoms with Crippen LogP contribution in [0.1, 0.15) is 26.7 Å². The highest BCUT2D eigenvalue weighted by Crippen LogP contribution is 2.27. The molecule has 0 radical (unpaired) electrons. The van der Waals surface area contributed by atoms with Crippen molar-refractivity contribution in [1.29, 1.82) is 0 Å². The molecule has 4 nitrogen and oxygen atoms in total. The topological polar surface area (TPSA) is 39.7 Å². The average molecular weight is 267 g/mol. The zero-order valence-electron chi connectivity index (χ0n) is 12.4. The van der Waals surface area contributed by atoms with Crippen LogP contribution in [0.2, 0.25) is 0 Å². The van der Waals surface area contributed by atoms with Crippen molar-refractivity contribution in [3.63, 3.8) is 0 Å². The fourth-order valence-corrected chi connectivity index (χ4v) is 1.73. The molecule has 1 rings (SSSR count). The van der Waals surface area contributed by atoms with Crippen LogP contribution < -0.4 is 19.5 Å². The highest BCUT2D eigenvalue weighted by molar-refractivity contribution is 5.41. The number of benzene rings is 1. The molecular weight excluding hydrogens is 242 g/mol. The maximum Gasteiger partial charge on any atom is 0.126 e. The summed E-state index contributed by atoms with van der Waals surface area (Å²) in [7, 11) is 3.27. The minimum atomic E-state index is 0.372. The first-order valence-electron chi connectivity index (χ1n) is 6.82. The zero-order chi connectivity index (χ0) is 14.1. The summed E-state index contributed by atoms with van der Waals surface area (Å²) >= 11 is 0. The Morgan fingerprint density at radius 2 is 1.58 bits per heavy atom. The van der Waals surface area contributed by atoms with Crippen LogP contribution in [0.5, 0.6) is 17.2 Å². The molecule has 19 heavy (non-hydrogen) atoms. The van der Waals surface area contributed by atoms with Crippen molar-refractivity contribution in [3.05, 3.63) is 18.2 Å². The minimum absolute atomic E-state index is 0.372. The summed E-state index contributed by atoms with van der Waals surface area (Å²) in [5.41, 5.74) is 0. The van der Waals surface area contributed by atoms with Crippen LogP contribution in [0, 0.1) is 0 Å². The largest absolute Gasteiger partial charge is 0.496 e. The maximum absolute atomic E-state index is 5.82. The monoisotopic (exact) mass is 267 g/mol. The van der Waals surface area contributed by atoms with E-state index in [1.54, 1.807) is 14.2 Å². The van der Waals surface area contributed by atoms with Crippen molar-refractivity contribution in [2.24, 2.45) is 0 Å². The average Bonchev–Trinajstić information content (AvgIpc) is 2.47. The van der Waals surface area contributed by atoms with E-state index in [2.05, 4.69) is 19.2 Å². The van der Waals surface area contributed by atoms with E-state index in [0.717, 1.165) is 36.6 Å². The number of rotatable bonds is 9. The van der Waals surface area contributed by atoms with Gasteiger partial charge in [0, 0.05) is 24.2 Å². The smallest absolute Gasteiger partial charge is 0.126 e. The predicted octanol–water partition coefficient (Wildman–Crippen LogP) is 2.86. The molecule has 0 saturated heterocycles. The fourth-order valence-electron chi connectivity index (χ4n) is 1.73. The van der Waals surface area contributed by atoms with E-state index in [-0.39, 0.29) is 0 Å². The Kier molecular flexibility index (Phi) is 7.11. The number of methoxy groups -OCH3 is 2. The third-order valence-electron chi connectivity index (χ3n) is 2.95. The quantitative estimate of drug-likeness (QED) is 0.747. The van der Waals surface area contributed by atoms with E-state index >= 15 is 0 Å². The first-order chi connectivity index (χ1) is 9.23. The van der Waals surface area contributed by atoms with E-state index in [4.69, 9.17) is 14.2 Å². The van der Waals surface area contributed by atoms with Crippen LogP contribution in [0.25, 0.3) is 0 Å². The molecule has 0 saturated carbocycles. The molecule has 1 N–H and O–H groups in total. The second kappa shape index (κ2) is 8.64. The Balaban J connectivity index is 2.60. The number of hydrogen-bond donors (Lipinski definition) is 1. The van der Waals surface area contributed by atoms with Crippen LogP contribution in [-0.2, 0) is 0 Å². The summed E-state index contributed by atoms with van der Waals surface area (Å²) in [6.45, 7) is 5.98. The normalized spacial score (nSPS) is 12.0.